The maximum Gasteiger partial charge on any atom is 0.0892 e. The van der Waals surface area contributed by atoms with Gasteiger partial charge in [-0.3, -0.25) is 0 Å². The minimum atomic E-state index is 0.125. The fourth-order valence-electron chi connectivity index (χ4n) is 3.87. The van der Waals surface area contributed by atoms with E-state index in [-0.39, 0.29) is 12.2 Å². The third-order valence-corrected chi connectivity index (χ3v) is 6.46. The van der Waals surface area contributed by atoms with Crippen molar-refractivity contribution in [3.8, 4) is 0 Å². The monoisotopic (exact) mass is 442 g/mol. The first-order valence-electron chi connectivity index (χ1n) is 12.7. The van der Waals surface area contributed by atoms with Crippen LogP contribution in [0.4, 0.5) is 0 Å². The van der Waals surface area contributed by atoms with E-state index in [1.54, 1.807) is 0 Å². The molecule has 1 N–H and O–H groups in total. The van der Waals surface area contributed by atoms with E-state index in [1.165, 1.54) is 28.7 Å². The number of aliphatic hydroxyl groups excluding tert-OH is 1. The lowest BCUT2D eigenvalue weighted by atomic mass is 10.0. The number of hydrogen-bond acceptors (Lipinski definition) is 2. The molecule has 0 aliphatic carbocycles. The minimum absolute atomic E-state index is 0.125. The summed E-state index contributed by atoms with van der Waals surface area (Å²) in [5.41, 5.74) is 7.15. The Morgan fingerprint density at radius 2 is 0.969 bits per heavy atom. The van der Waals surface area contributed by atoms with Crippen LogP contribution in [0.5, 0.6) is 0 Å². The molecule has 1 fully saturated rings. The van der Waals surface area contributed by atoms with Gasteiger partial charge in [-0.1, -0.05) is 58.2 Å². The lowest BCUT2D eigenvalue weighted by Gasteiger charge is -2.03. The first-order chi connectivity index (χ1) is 15.1. The third kappa shape index (κ3) is 13.9. The molecule has 1 saturated heterocycles. The molecular formula is C30H50O2. The Labute approximate surface area is 199 Å². The molecule has 1 heterocycles. The van der Waals surface area contributed by atoms with Gasteiger partial charge in [0.15, 0.2) is 0 Å². The normalized spacial score (nSPS) is 20.1. The lowest BCUT2D eigenvalue weighted by Crippen LogP contribution is -2.02. The Balaban J connectivity index is 2.16. The Bertz CT molecular complexity index is 700. The van der Waals surface area contributed by atoms with Gasteiger partial charge in [-0.05, 0) is 113 Å². The van der Waals surface area contributed by atoms with E-state index in [0.29, 0.717) is 6.10 Å². The SMILES string of the molecule is C/C(=C\CC/C(C)=C/CC/C(C)=C/CC/C=C(\C)CC/C=C(\C)CCC1OC1(C)C)CO. The van der Waals surface area contributed by atoms with Crippen LogP contribution in [-0.2, 0) is 4.74 Å². The van der Waals surface area contributed by atoms with E-state index in [0.717, 1.165) is 63.4 Å². The van der Waals surface area contributed by atoms with Crippen LogP contribution in [0.25, 0.3) is 0 Å². The molecule has 0 aromatic rings. The second-order valence-corrected chi connectivity index (χ2v) is 10.4. The molecule has 1 rings (SSSR count). The van der Waals surface area contributed by atoms with Gasteiger partial charge < -0.3 is 9.84 Å². The van der Waals surface area contributed by atoms with Crippen LogP contribution in [0.15, 0.2) is 58.2 Å². The van der Waals surface area contributed by atoms with Crippen molar-refractivity contribution in [3.05, 3.63) is 58.2 Å². The van der Waals surface area contributed by atoms with E-state index in [1.807, 2.05) is 6.92 Å². The van der Waals surface area contributed by atoms with Crippen LogP contribution < -0.4 is 0 Å². The predicted octanol–water partition coefficient (Wildman–Crippen LogP) is 8.79. The highest BCUT2D eigenvalue weighted by Crippen LogP contribution is 2.38. The van der Waals surface area contributed by atoms with Gasteiger partial charge in [-0.2, -0.15) is 0 Å². The summed E-state index contributed by atoms with van der Waals surface area (Å²) in [6.45, 7) is 15.5. The van der Waals surface area contributed by atoms with E-state index >= 15 is 0 Å². The second kappa shape index (κ2) is 15.5. The van der Waals surface area contributed by atoms with Gasteiger partial charge in [0.2, 0.25) is 0 Å². The number of epoxide rings is 1. The molecule has 0 amide bonds. The van der Waals surface area contributed by atoms with Crippen molar-refractivity contribution >= 4 is 0 Å². The van der Waals surface area contributed by atoms with Gasteiger partial charge in [-0.15, -0.1) is 0 Å². The molecule has 182 valence electrons. The molecule has 0 radical (unpaired) electrons. The summed E-state index contributed by atoms with van der Waals surface area (Å²) in [4.78, 5) is 0. The van der Waals surface area contributed by atoms with Gasteiger partial charge in [0.1, 0.15) is 0 Å². The van der Waals surface area contributed by atoms with Gasteiger partial charge >= 0.3 is 0 Å². The van der Waals surface area contributed by atoms with Crippen molar-refractivity contribution in [1.82, 2.24) is 0 Å². The summed E-state index contributed by atoms with van der Waals surface area (Å²) >= 11 is 0. The molecule has 0 aromatic heterocycles. The van der Waals surface area contributed by atoms with E-state index in [4.69, 9.17) is 9.84 Å². The van der Waals surface area contributed by atoms with E-state index in [9.17, 15) is 0 Å². The maximum atomic E-state index is 9.03. The highest BCUT2D eigenvalue weighted by atomic mass is 16.6. The number of hydrogen-bond donors (Lipinski definition) is 1. The fourth-order valence-corrected chi connectivity index (χ4v) is 3.87. The number of ether oxygens (including phenoxy) is 1. The van der Waals surface area contributed by atoms with Crippen LogP contribution in [0.3, 0.4) is 0 Å². The molecule has 1 aliphatic rings. The topological polar surface area (TPSA) is 32.8 Å². The third-order valence-electron chi connectivity index (χ3n) is 6.46. The molecule has 0 saturated carbocycles. The van der Waals surface area contributed by atoms with Crippen LogP contribution in [-0.4, -0.2) is 23.4 Å². The smallest absolute Gasteiger partial charge is 0.0892 e. The molecule has 1 unspecified atom stereocenters. The molecule has 0 aromatic carbocycles. The Hall–Kier alpha value is -1.38. The predicted molar refractivity (Wildman–Crippen MR) is 141 cm³/mol. The molecular weight excluding hydrogens is 392 g/mol. The number of allylic oxidation sites excluding steroid dienone is 9. The van der Waals surface area contributed by atoms with Crippen LogP contribution in [0.2, 0.25) is 0 Å². The van der Waals surface area contributed by atoms with Crippen molar-refractivity contribution in [2.75, 3.05) is 6.61 Å². The van der Waals surface area contributed by atoms with E-state index < -0.39 is 0 Å². The molecule has 1 atom stereocenters. The van der Waals surface area contributed by atoms with Crippen molar-refractivity contribution in [1.29, 1.82) is 0 Å². The zero-order chi connectivity index (χ0) is 24.0. The quantitative estimate of drug-likeness (QED) is 0.147. The Morgan fingerprint density at radius 1 is 0.625 bits per heavy atom. The summed E-state index contributed by atoms with van der Waals surface area (Å²) < 4.78 is 5.67. The van der Waals surface area contributed by atoms with Gasteiger partial charge in [0, 0.05) is 0 Å². The molecule has 0 bridgehead atoms. The molecule has 1 aliphatic heterocycles. The van der Waals surface area contributed by atoms with Crippen molar-refractivity contribution in [2.24, 2.45) is 0 Å². The fraction of sp³-hybridized carbons (Fsp3) is 0.667. The Kier molecular flexibility index (Phi) is 13.8. The first kappa shape index (κ1) is 28.7. The van der Waals surface area contributed by atoms with Crippen molar-refractivity contribution in [2.45, 2.75) is 124 Å². The average molecular weight is 443 g/mol. The average Bonchev–Trinajstić information content (AvgIpc) is 3.36. The minimum Gasteiger partial charge on any atom is -0.392 e. The van der Waals surface area contributed by atoms with Crippen LogP contribution in [0, 0.1) is 0 Å². The number of unbranched alkanes of at least 4 members (excludes halogenated alkanes) is 1. The van der Waals surface area contributed by atoms with Crippen molar-refractivity contribution in [3.63, 3.8) is 0 Å². The summed E-state index contributed by atoms with van der Waals surface area (Å²) in [5, 5.41) is 9.03. The molecule has 0 spiro atoms. The number of rotatable bonds is 16. The molecule has 32 heavy (non-hydrogen) atoms. The van der Waals surface area contributed by atoms with Gasteiger partial charge in [-0.25, -0.2) is 0 Å². The van der Waals surface area contributed by atoms with Gasteiger partial charge in [0.25, 0.3) is 0 Å². The molecule has 2 nitrogen and oxygen atoms in total. The lowest BCUT2D eigenvalue weighted by molar-refractivity contribution is 0.320. The zero-order valence-electron chi connectivity index (χ0n) is 22.1. The standard InChI is InChI=1S/C30H50O2/c1-24(15-10-17-26(3)18-12-20-28(5)23-31)13-8-9-14-25(2)16-11-19-27(4)21-22-29-30(6,7)32-29/h13-14,17,19-20,29,31H,8-12,15-16,18,21-23H2,1-7H3/b24-13+,25-14+,26-17+,27-19+,28-20+. The van der Waals surface area contributed by atoms with Crippen molar-refractivity contribution < 1.29 is 9.84 Å². The summed E-state index contributed by atoms with van der Waals surface area (Å²) in [6, 6.07) is 0. The molecule has 2 heteroatoms. The highest BCUT2D eigenvalue weighted by Gasteiger charge is 2.46. The largest absolute Gasteiger partial charge is 0.392 e. The number of aliphatic hydroxyl groups is 1. The summed E-state index contributed by atoms with van der Waals surface area (Å²) in [5.74, 6) is 0. The summed E-state index contributed by atoms with van der Waals surface area (Å²) in [6.07, 6.45) is 23.5. The van der Waals surface area contributed by atoms with Gasteiger partial charge in [0.05, 0.1) is 18.3 Å². The van der Waals surface area contributed by atoms with Crippen LogP contribution >= 0.6 is 0 Å². The van der Waals surface area contributed by atoms with Crippen LogP contribution in [0.1, 0.15) is 113 Å². The second-order valence-electron chi connectivity index (χ2n) is 10.4. The maximum absolute atomic E-state index is 9.03. The Morgan fingerprint density at radius 3 is 1.34 bits per heavy atom. The summed E-state index contributed by atoms with van der Waals surface area (Å²) in [7, 11) is 0. The first-order valence-corrected chi connectivity index (χ1v) is 12.7. The van der Waals surface area contributed by atoms with E-state index in [2.05, 4.69) is 71.9 Å². The highest BCUT2D eigenvalue weighted by molar-refractivity contribution is 5.08. The zero-order valence-corrected chi connectivity index (χ0v) is 22.1.